The van der Waals surface area contributed by atoms with Gasteiger partial charge in [-0.25, -0.2) is 13.4 Å². The number of ether oxygens (including phenoxy) is 1. The van der Waals surface area contributed by atoms with Crippen LogP contribution in [0.25, 0.3) is 5.76 Å². The predicted octanol–water partition coefficient (Wildman–Crippen LogP) is 2.13. The molecule has 1 aromatic rings. The number of nitrogens with one attached hydrogen (secondary N) is 1. The Morgan fingerprint density at radius 2 is 1.93 bits per heavy atom. The van der Waals surface area contributed by atoms with Crippen molar-refractivity contribution in [3.63, 3.8) is 0 Å². The number of amidine groups is 1. The summed E-state index contributed by atoms with van der Waals surface area (Å²) in [7, 11) is -3.56. The molecule has 162 valence electrons. The lowest BCUT2D eigenvalue weighted by atomic mass is 9.98. The van der Waals surface area contributed by atoms with Crippen LogP contribution in [0.2, 0.25) is 0 Å². The van der Waals surface area contributed by atoms with Crippen LogP contribution in [0.4, 0.5) is 0 Å². The van der Waals surface area contributed by atoms with Gasteiger partial charge in [0.15, 0.2) is 0 Å². The van der Waals surface area contributed by atoms with Gasteiger partial charge >= 0.3 is 0 Å². The molecule has 1 atom stereocenters. The second-order valence-corrected chi connectivity index (χ2v) is 9.15. The first kappa shape index (κ1) is 24.8. The summed E-state index contributed by atoms with van der Waals surface area (Å²) < 4.78 is 31.1. The van der Waals surface area contributed by atoms with Crippen LogP contribution in [0, 0.1) is 6.92 Å². The fourth-order valence-corrected chi connectivity index (χ4v) is 3.56. The number of hydrogen-bond acceptors (Lipinski definition) is 7. The monoisotopic (exact) mass is 424 g/mol. The number of hydrogen-bond donors (Lipinski definition) is 3. The summed E-state index contributed by atoms with van der Waals surface area (Å²) >= 11 is 0. The molecule has 0 aliphatic rings. The molecule has 0 aliphatic carbocycles. The van der Waals surface area contributed by atoms with Crippen molar-refractivity contribution in [3.05, 3.63) is 54.4 Å². The topological polar surface area (TPSA) is 117 Å². The Morgan fingerprint density at radius 3 is 2.41 bits per heavy atom. The zero-order chi connectivity index (χ0) is 22.2. The van der Waals surface area contributed by atoms with Crippen molar-refractivity contribution in [2.24, 2.45) is 10.8 Å². The van der Waals surface area contributed by atoms with Crippen LogP contribution in [-0.4, -0.2) is 48.6 Å². The summed E-state index contributed by atoms with van der Waals surface area (Å²) in [6, 6.07) is 7.60. The van der Waals surface area contributed by atoms with Gasteiger partial charge in [-0.2, -0.15) is 0 Å². The minimum atomic E-state index is -3.56. The highest BCUT2D eigenvalue weighted by molar-refractivity contribution is 7.88. The van der Waals surface area contributed by atoms with Crippen LogP contribution in [-0.2, 0) is 14.8 Å². The molecule has 0 aliphatic heterocycles. The quantitative estimate of drug-likeness (QED) is 0.165. The molecule has 1 rings (SSSR count). The highest BCUT2D eigenvalue weighted by Crippen LogP contribution is 2.19. The zero-order valence-corrected chi connectivity index (χ0v) is 18.4. The van der Waals surface area contributed by atoms with Crippen molar-refractivity contribution < 1.29 is 18.3 Å². The third-order valence-corrected chi connectivity index (χ3v) is 5.70. The van der Waals surface area contributed by atoms with Crippen LogP contribution in [0.1, 0.15) is 37.8 Å². The molecular weight excluding hydrogens is 392 g/mol. The Balaban J connectivity index is 2.83. The van der Waals surface area contributed by atoms with Crippen molar-refractivity contribution in [2.45, 2.75) is 39.2 Å². The summed E-state index contributed by atoms with van der Waals surface area (Å²) in [5.74, 6) is 6.07. The first-order valence-corrected chi connectivity index (χ1v) is 11.0. The summed E-state index contributed by atoms with van der Waals surface area (Å²) in [4.78, 5) is 4.18. The molecule has 8 nitrogen and oxygen atoms in total. The summed E-state index contributed by atoms with van der Waals surface area (Å²) in [5, 5.41) is 9.40. The maximum Gasteiger partial charge on any atom is 0.233 e. The van der Waals surface area contributed by atoms with Crippen LogP contribution in [0.5, 0.6) is 0 Å². The van der Waals surface area contributed by atoms with E-state index < -0.39 is 15.6 Å². The van der Waals surface area contributed by atoms with Gasteiger partial charge in [0.1, 0.15) is 11.6 Å². The molecule has 0 fully saturated rings. The lowest BCUT2D eigenvalue weighted by Gasteiger charge is -2.28. The van der Waals surface area contributed by atoms with Crippen LogP contribution < -0.4 is 11.3 Å². The van der Waals surface area contributed by atoms with Gasteiger partial charge in [-0.3, -0.25) is 15.6 Å². The first-order chi connectivity index (χ1) is 13.4. The lowest BCUT2D eigenvalue weighted by Crippen LogP contribution is -2.50. The highest BCUT2D eigenvalue weighted by Gasteiger charge is 2.24. The van der Waals surface area contributed by atoms with E-state index in [2.05, 4.69) is 23.6 Å². The van der Waals surface area contributed by atoms with Crippen molar-refractivity contribution in [2.75, 3.05) is 19.4 Å². The number of aliphatic imine (C=N–C) groups is 1. The Kier molecular flexibility index (Phi) is 9.03. The molecule has 0 amide bonds. The number of nitrogens with zero attached hydrogens (tertiary/aromatic N) is 2. The molecule has 4 N–H and O–H groups in total. The molecule has 0 bridgehead atoms. The maximum atomic E-state index is 12.2. The average Bonchev–Trinajstić information content (AvgIpc) is 2.64. The minimum absolute atomic E-state index is 0.0329. The maximum absolute atomic E-state index is 12.2. The summed E-state index contributed by atoms with van der Waals surface area (Å²) in [6.45, 7) is 12.9. The standard InChI is InChI=1S/C20H32N4O4S/c1-15-8-10-19(11-9-15)16(2)28-18(4)22-17(3)24(29(6,26)27)13-7-12-20(5,14-25)23-21/h8-11,23,25H,2,4,7,12-14,21H2,1,3,5-6H3. The molecule has 0 saturated carbocycles. The van der Waals surface area contributed by atoms with Gasteiger partial charge in [0.25, 0.3) is 0 Å². The number of hydrazine groups is 1. The smallest absolute Gasteiger partial charge is 0.233 e. The van der Waals surface area contributed by atoms with Crippen LogP contribution >= 0.6 is 0 Å². The third kappa shape index (κ3) is 7.98. The Bertz CT molecular complexity index is 844. The van der Waals surface area contributed by atoms with Crippen LogP contribution in [0.15, 0.2) is 48.3 Å². The first-order valence-electron chi connectivity index (χ1n) is 9.16. The van der Waals surface area contributed by atoms with Crippen molar-refractivity contribution >= 4 is 21.6 Å². The average molecular weight is 425 g/mol. The predicted molar refractivity (Wildman–Crippen MR) is 117 cm³/mol. The fraction of sp³-hybridized carbons (Fsp3) is 0.450. The number of aliphatic hydroxyl groups is 1. The largest absolute Gasteiger partial charge is 0.440 e. The second kappa shape index (κ2) is 10.5. The number of aliphatic hydroxyl groups excluding tert-OH is 1. The molecule has 1 aromatic carbocycles. The van der Waals surface area contributed by atoms with E-state index in [9.17, 15) is 13.5 Å². The van der Waals surface area contributed by atoms with Gasteiger partial charge in [-0.1, -0.05) is 36.4 Å². The summed E-state index contributed by atoms with van der Waals surface area (Å²) in [5.41, 5.74) is 3.75. The van der Waals surface area contributed by atoms with Crippen molar-refractivity contribution in [1.29, 1.82) is 0 Å². The number of aryl methyl sites for hydroxylation is 1. The molecular formula is C20H32N4O4S. The molecule has 1 unspecified atom stereocenters. The van der Waals surface area contributed by atoms with E-state index in [1.165, 1.54) is 4.31 Å². The second-order valence-electron chi connectivity index (χ2n) is 7.25. The fourth-order valence-electron chi connectivity index (χ4n) is 2.58. The van der Waals surface area contributed by atoms with E-state index >= 15 is 0 Å². The molecule has 29 heavy (non-hydrogen) atoms. The summed E-state index contributed by atoms with van der Waals surface area (Å²) in [6.07, 6.45) is 2.04. The molecule has 0 heterocycles. The number of nitrogens with two attached hydrogens (primary N) is 1. The van der Waals surface area contributed by atoms with Crippen molar-refractivity contribution in [1.82, 2.24) is 9.73 Å². The lowest BCUT2D eigenvalue weighted by molar-refractivity contribution is 0.163. The molecule has 0 aromatic heterocycles. The van der Waals surface area contributed by atoms with Gasteiger partial charge in [0, 0.05) is 12.1 Å². The number of sulfonamides is 1. The van der Waals surface area contributed by atoms with Gasteiger partial charge in [-0.15, -0.1) is 0 Å². The van der Waals surface area contributed by atoms with E-state index in [0.29, 0.717) is 18.6 Å². The van der Waals surface area contributed by atoms with Gasteiger partial charge in [0.2, 0.25) is 15.9 Å². The molecule has 0 spiro atoms. The minimum Gasteiger partial charge on any atom is -0.440 e. The normalized spacial score (nSPS) is 14.2. The Labute approximate surface area is 173 Å². The van der Waals surface area contributed by atoms with E-state index in [1.54, 1.807) is 13.8 Å². The van der Waals surface area contributed by atoms with Crippen molar-refractivity contribution in [3.8, 4) is 0 Å². The zero-order valence-electron chi connectivity index (χ0n) is 17.6. The van der Waals surface area contributed by atoms with Gasteiger partial charge < -0.3 is 9.84 Å². The third-order valence-electron chi connectivity index (χ3n) is 4.45. The Hall–Kier alpha value is -2.20. The van der Waals surface area contributed by atoms with E-state index in [-0.39, 0.29) is 24.9 Å². The van der Waals surface area contributed by atoms with E-state index in [4.69, 9.17) is 10.6 Å². The van der Waals surface area contributed by atoms with Crippen LogP contribution in [0.3, 0.4) is 0 Å². The molecule has 9 heteroatoms. The van der Waals surface area contributed by atoms with E-state index in [0.717, 1.165) is 17.4 Å². The van der Waals surface area contributed by atoms with Gasteiger partial charge in [0.05, 0.1) is 18.4 Å². The molecule has 0 saturated heterocycles. The Morgan fingerprint density at radius 1 is 1.34 bits per heavy atom. The highest BCUT2D eigenvalue weighted by atomic mass is 32.2. The van der Waals surface area contributed by atoms with Gasteiger partial charge in [-0.05, 0) is 40.2 Å². The number of benzene rings is 1. The SMILES string of the molecule is C=C(N=C(C)N(CCCC(C)(CO)NN)S(C)(=O)=O)OC(=C)c1ccc(C)cc1. The number of rotatable bonds is 11. The molecule has 0 radical (unpaired) electrons. The van der Waals surface area contributed by atoms with E-state index in [1.807, 2.05) is 31.2 Å².